The van der Waals surface area contributed by atoms with Gasteiger partial charge in [0.2, 0.25) is 0 Å². The second-order valence-electron chi connectivity index (χ2n) is 7.04. The summed E-state index contributed by atoms with van der Waals surface area (Å²) >= 11 is 0. The number of amides is 1. The van der Waals surface area contributed by atoms with Crippen LogP contribution >= 0.6 is 0 Å². The largest absolute Gasteiger partial charge is 0.445 e. The minimum Gasteiger partial charge on any atom is -0.445 e. The van der Waals surface area contributed by atoms with E-state index in [2.05, 4.69) is 35.5 Å². The third kappa shape index (κ3) is 3.54. The van der Waals surface area contributed by atoms with Crippen LogP contribution in [0.25, 0.3) is 33.5 Å². The molecule has 0 bridgehead atoms. The lowest BCUT2D eigenvalue weighted by atomic mass is 10.1. The van der Waals surface area contributed by atoms with E-state index in [-0.39, 0.29) is 5.91 Å². The Morgan fingerprint density at radius 3 is 2.77 bits per heavy atom. The number of aryl methyl sites for hydroxylation is 2. The molecule has 0 saturated heterocycles. The lowest BCUT2D eigenvalue weighted by Gasteiger charge is -2.06. The molecule has 5 aromatic heterocycles. The second-order valence-corrected chi connectivity index (χ2v) is 7.04. The van der Waals surface area contributed by atoms with Crippen molar-refractivity contribution in [3.05, 3.63) is 66.2 Å². The van der Waals surface area contributed by atoms with E-state index in [9.17, 15) is 4.79 Å². The van der Waals surface area contributed by atoms with Gasteiger partial charge in [0, 0.05) is 54.9 Å². The average Bonchev–Trinajstić information content (AvgIpc) is 3.51. The number of fused-ring (bicyclic) bond motifs is 1. The highest BCUT2D eigenvalue weighted by molar-refractivity contribution is 5.93. The molecule has 31 heavy (non-hydrogen) atoms. The van der Waals surface area contributed by atoms with E-state index in [4.69, 9.17) is 9.40 Å². The second kappa shape index (κ2) is 7.48. The lowest BCUT2D eigenvalue weighted by Crippen LogP contribution is -2.24. The Kier molecular flexibility index (Phi) is 4.51. The van der Waals surface area contributed by atoms with Gasteiger partial charge < -0.3 is 14.7 Å². The van der Waals surface area contributed by atoms with Crippen LogP contribution in [-0.2, 0) is 6.54 Å². The molecule has 0 aromatic carbocycles. The first kappa shape index (κ1) is 18.7. The molecule has 154 valence electrons. The van der Waals surface area contributed by atoms with Crippen LogP contribution in [-0.4, -0.2) is 41.0 Å². The summed E-state index contributed by atoms with van der Waals surface area (Å²) in [5.74, 6) is 0.664. The molecule has 0 aliphatic heterocycles. The molecule has 5 aromatic rings. The van der Waals surface area contributed by atoms with E-state index in [1.165, 1.54) is 0 Å². The Hall–Kier alpha value is -4.34. The summed E-state index contributed by atoms with van der Waals surface area (Å²) in [6.45, 7) is 3.73. The quantitative estimate of drug-likeness (QED) is 0.402. The van der Waals surface area contributed by atoms with Crippen molar-refractivity contribution in [2.45, 2.75) is 20.4 Å². The average molecular weight is 414 g/mol. The first-order valence-electron chi connectivity index (χ1n) is 9.58. The van der Waals surface area contributed by atoms with Crippen molar-refractivity contribution in [1.29, 1.82) is 0 Å². The molecule has 10 heteroatoms. The van der Waals surface area contributed by atoms with Crippen LogP contribution in [0.5, 0.6) is 0 Å². The molecule has 0 saturated carbocycles. The van der Waals surface area contributed by atoms with Crippen molar-refractivity contribution in [1.82, 2.24) is 40.4 Å². The van der Waals surface area contributed by atoms with Crippen LogP contribution in [0.1, 0.15) is 27.7 Å². The molecular formula is C21H18N8O2. The number of hydrogen-bond donors (Lipinski definition) is 3. The maximum Gasteiger partial charge on any atom is 0.273 e. The minimum absolute atomic E-state index is 0.289. The van der Waals surface area contributed by atoms with Gasteiger partial charge in [0.1, 0.15) is 11.3 Å². The number of aromatic nitrogens is 7. The number of rotatable bonds is 5. The Morgan fingerprint density at radius 1 is 1.10 bits per heavy atom. The Bertz CT molecular complexity index is 1380. The van der Waals surface area contributed by atoms with Gasteiger partial charge in [0.25, 0.3) is 5.91 Å². The first-order valence-corrected chi connectivity index (χ1v) is 9.58. The molecule has 0 fully saturated rings. The molecule has 0 atom stereocenters. The van der Waals surface area contributed by atoms with E-state index in [1.807, 2.05) is 12.3 Å². The zero-order valence-electron chi connectivity index (χ0n) is 16.8. The summed E-state index contributed by atoms with van der Waals surface area (Å²) in [5.41, 5.74) is 5.86. The van der Waals surface area contributed by atoms with Crippen LogP contribution in [0.3, 0.4) is 0 Å². The number of carbonyl (C=O) groups is 1. The number of oxazole rings is 1. The van der Waals surface area contributed by atoms with Gasteiger partial charge in [-0.05, 0) is 18.6 Å². The summed E-state index contributed by atoms with van der Waals surface area (Å²) in [6.07, 6.45) is 10.5. The fourth-order valence-electron chi connectivity index (χ4n) is 3.38. The molecule has 10 nitrogen and oxygen atoms in total. The van der Waals surface area contributed by atoms with Gasteiger partial charge in [-0.3, -0.25) is 14.9 Å². The SMILES string of the molecule is Cc1nc(C(=O)NCc2cncc(-c3c[nH]c4ncc(-c5cn[nH]c5)nc34)c2)c(C)o1. The van der Waals surface area contributed by atoms with E-state index in [0.29, 0.717) is 29.5 Å². The lowest BCUT2D eigenvalue weighted by molar-refractivity contribution is 0.0945. The number of aromatic amines is 2. The van der Waals surface area contributed by atoms with Crippen LogP contribution in [0, 0.1) is 13.8 Å². The third-order valence-electron chi connectivity index (χ3n) is 4.85. The van der Waals surface area contributed by atoms with Gasteiger partial charge in [-0.1, -0.05) is 0 Å². The predicted molar refractivity (Wildman–Crippen MR) is 112 cm³/mol. The molecule has 0 radical (unpaired) electrons. The van der Waals surface area contributed by atoms with Gasteiger partial charge >= 0.3 is 0 Å². The van der Waals surface area contributed by atoms with Crippen molar-refractivity contribution < 1.29 is 9.21 Å². The van der Waals surface area contributed by atoms with Crippen molar-refractivity contribution in [2.24, 2.45) is 0 Å². The Labute approximate surface area is 176 Å². The highest BCUT2D eigenvalue weighted by Crippen LogP contribution is 2.28. The topological polar surface area (TPSA) is 138 Å². The maximum atomic E-state index is 12.4. The number of nitrogens with one attached hydrogen (secondary N) is 3. The van der Waals surface area contributed by atoms with Gasteiger partial charge in [0.15, 0.2) is 17.2 Å². The van der Waals surface area contributed by atoms with Crippen LogP contribution in [0.2, 0.25) is 0 Å². The molecular weight excluding hydrogens is 396 g/mol. The zero-order valence-corrected chi connectivity index (χ0v) is 16.8. The fraction of sp³-hybridized carbons (Fsp3) is 0.143. The minimum atomic E-state index is -0.289. The monoisotopic (exact) mass is 414 g/mol. The van der Waals surface area contributed by atoms with Crippen LogP contribution in [0.15, 0.2) is 47.7 Å². The summed E-state index contributed by atoms with van der Waals surface area (Å²) in [7, 11) is 0. The number of nitrogens with zero attached hydrogens (tertiary/aromatic N) is 5. The summed E-state index contributed by atoms with van der Waals surface area (Å²) < 4.78 is 5.33. The zero-order chi connectivity index (χ0) is 21.4. The molecule has 0 spiro atoms. The van der Waals surface area contributed by atoms with Crippen molar-refractivity contribution in [3.8, 4) is 22.4 Å². The van der Waals surface area contributed by atoms with Gasteiger partial charge in [-0.15, -0.1) is 0 Å². The van der Waals surface area contributed by atoms with E-state index in [0.717, 1.165) is 33.5 Å². The summed E-state index contributed by atoms with van der Waals surface area (Å²) in [6, 6.07) is 1.96. The Morgan fingerprint density at radius 2 is 2.00 bits per heavy atom. The molecule has 0 aliphatic carbocycles. The third-order valence-corrected chi connectivity index (χ3v) is 4.85. The van der Waals surface area contributed by atoms with Crippen LogP contribution < -0.4 is 5.32 Å². The predicted octanol–water partition coefficient (Wildman–Crippen LogP) is 2.94. The molecule has 1 amide bonds. The number of carbonyl (C=O) groups excluding carboxylic acids is 1. The van der Waals surface area contributed by atoms with Crippen molar-refractivity contribution in [3.63, 3.8) is 0 Å². The number of H-pyrrole nitrogens is 2. The molecule has 3 N–H and O–H groups in total. The van der Waals surface area contributed by atoms with E-state index < -0.39 is 0 Å². The first-order chi connectivity index (χ1) is 15.1. The summed E-state index contributed by atoms with van der Waals surface area (Å²) in [5, 5.41) is 9.61. The maximum absolute atomic E-state index is 12.4. The van der Waals surface area contributed by atoms with Crippen molar-refractivity contribution >= 4 is 17.1 Å². The standard InChI is InChI=1S/C21H18N8O2/c1-11-18(28-12(2)31-11)21(30)25-5-13-3-14(6-22-4-13)16-9-23-20-19(16)29-17(10-24-20)15-7-26-27-8-15/h3-4,6-10H,5H2,1-2H3,(H,23,24)(H,25,30)(H,26,27). The van der Waals surface area contributed by atoms with Gasteiger partial charge in [0.05, 0.1) is 18.1 Å². The molecule has 0 aliphatic rings. The van der Waals surface area contributed by atoms with Gasteiger partial charge in [-0.2, -0.15) is 5.10 Å². The number of pyridine rings is 1. The van der Waals surface area contributed by atoms with E-state index >= 15 is 0 Å². The van der Waals surface area contributed by atoms with Gasteiger partial charge in [-0.25, -0.2) is 15.0 Å². The molecule has 0 unspecified atom stereocenters. The number of hydrogen-bond acceptors (Lipinski definition) is 7. The highest BCUT2D eigenvalue weighted by Gasteiger charge is 2.16. The van der Waals surface area contributed by atoms with Crippen molar-refractivity contribution in [2.75, 3.05) is 0 Å². The normalized spacial score (nSPS) is 11.2. The fourth-order valence-corrected chi connectivity index (χ4v) is 3.38. The smallest absolute Gasteiger partial charge is 0.273 e. The van der Waals surface area contributed by atoms with E-state index in [1.54, 1.807) is 44.8 Å². The summed E-state index contributed by atoms with van der Waals surface area (Å²) in [4.78, 5) is 33.2. The van der Waals surface area contributed by atoms with Crippen LogP contribution in [0.4, 0.5) is 0 Å². The Balaban J connectivity index is 1.41. The molecule has 5 rings (SSSR count). The highest BCUT2D eigenvalue weighted by atomic mass is 16.4. The molecule has 5 heterocycles.